The summed E-state index contributed by atoms with van der Waals surface area (Å²) in [5.74, 6) is 0.220. The SMILES string of the molecule is CC(Nc1ncc(C(F)(F)F)cc1Cl)c1cccc(Br)c1. The monoisotopic (exact) mass is 378 g/mol. The first-order chi connectivity index (χ1) is 9.77. The lowest BCUT2D eigenvalue weighted by molar-refractivity contribution is -0.137. The number of alkyl halides is 3. The van der Waals surface area contributed by atoms with Crippen LogP contribution in [0.2, 0.25) is 5.02 Å². The average molecular weight is 380 g/mol. The van der Waals surface area contributed by atoms with Crippen LogP contribution in [0.5, 0.6) is 0 Å². The molecule has 0 aliphatic rings. The smallest absolute Gasteiger partial charge is 0.362 e. The van der Waals surface area contributed by atoms with Crippen molar-refractivity contribution >= 4 is 33.3 Å². The molecular formula is C14H11BrClF3N2. The topological polar surface area (TPSA) is 24.9 Å². The maximum absolute atomic E-state index is 12.5. The van der Waals surface area contributed by atoms with E-state index in [1.807, 2.05) is 31.2 Å². The summed E-state index contributed by atoms with van der Waals surface area (Å²) in [5, 5.41) is 2.94. The lowest BCUT2D eigenvalue weighted by Crippen LogP contribution is -2.10. The zero-order chi connectivity index (χ0) is 15.6. The predicted octanol–water partition coefficient (Wildman–Crippen LogP) is 5.69. The number of hydrogen-bond acceptors (Lipinski definition) is 2. The number of benzene rings is 1. The number of rotatable bonds is 3. The second-order valence-corrected chi connectivity index (χ2v) is 5.80. The molecule has 1 atom stereocenters. The van der Waals surface area contributed by atoms with Crippen LogP contribution in [0.25, 0.3) is 0 Å². The van der Waals surface area contributed by atoms with Crippen LogP contribution in [0.3, 0.4) is 0 Å². The zero-order valence-corrected chi connectivity index (χ0v) is 13.2. The molecule has 0 radical (unpaired) electrons. The predicted molar refractivity (Wildman–Crippen MR) is 80.4 cm³/mol. The van der Waals surface area contributed by atoms with Gasteiger partial charge < -0.3 is 5.32 Å². The summed E-state index contributed by atoms with van der Waals surface area (Å²) < 4.78 is 38.6. The van der Waals surface area contributed by atoms with Gasteiger partial charge in [0.15, 0.2) is 0 Å². The highest BCUT2D eigenvalue weighted by Crippen LogP contribution is 2.33. The van der Waals surface area contributed by atoms with Crippen molar-refractivity contribution in [2.24, 2.45) is 0 Å². The van der Waals surface area contributed by atoms with E-state index >= 15 is 0 Å². The number of hydrogen-bond donors (Lipinski definition) is 1. The van der Waals surface area contributed by atoms with Gasteiger partial charge in [0.2, 0.25) is 0 Å². The number of nitrogens with one attached hydrogen (secondary N) is 1. The molecule has 1 unspecified atom stereocenters. The molecule has 0 bridgehead atoms. The van der Waals surface area contributed by atoms with Gasteiger partial charge in [-0.2, -0.15) is 13.2 Å². The van der Waals surface area contributed by atoms with Gasteiger partial charge in [-0.15, -0.1) is 0 Å². The van der Waals surface area contributed by atoms with Gasteiger partial charge in [-0.1, -0.05) is 39.7 Å². The summed E-state index contributed by atoms with van der Waals surface area (Å²) in [4.78, 5) is 3.76. The number of nitrogens with zero attached hydrogens (tertiary/aromatic N) is 1. The Bertz CT molecular complexity index is 646. The first-order valence-corrected chi connectivity index (χ1v) is 7.19. The maximum Gasteiger partial charge on any atom is 0.417 e. The van der Waals surface area contributed by atoms with E-state index in [1.54, 1.807) is 0 Å². The van der Waals surface area contributed by atoms with Crippen LogP contribution in [0.1, 0.15) is 24.1 Å². The third kappa shape index (κ3) is 4.11. The van der Waals surface area contributed by atoms with Crippen molar-refractivity contribution in [1.29, 1.82) is 0 Å². The summed E-state index contributed by atoms with van der Waals surface area (Å²) in [5.41, 5.74) is 0.0929. The number of halogens is 5. The minimum Gasteiger partial charge on any atom is -0.362 e. The number of anilines is 1. The molecule has 0 amide bonds. The van der Waals surface area contributed by atoms with Gasteiger partial charge in [-0.25, -0.2) is 4.98 Å². The van der Waals surface area contributed by atoms with Crippen LogP contribution < -0.4 is 5.32 Å². The van der Waals surface area contributed by atoms with Crippen molar-refractivity contribution in [2.45, 2.75) is 19.1 Å². The second kappa shape index (κ2) is 6.23. The molecule has 1 heterocycles. The molecule has 21 heavy (non-hydrogen) atoms. The van der Waals surface area contributed by atoms with E-state index in [0.717, 1.165) is 22.3 Å². The molecule has 1 N–H and O–H groups in total. The number of aromatic nitrogens is 1. The van der Waals surface area contributed by atoms with Crippen molar-refractivity contribution < 1.29 is 13.2 Å². The lowest BCUT2D eigenvalue weighted by Gasteiger charge is -2.17. The van der Waals surface area contributed by atoms with Crippen molar-refractivity contribution in [2.75, 3.05) is 5.32 Å². The zero-order valence-electron chi connectivity index (χ0n) is 10.9. The van der Waals surface area contributed by atoms with Gasteiger partial charge in [0.25, 0.3) is 0 Å². The minimum atomic E-state index is -4.45. The normalized spacial score (nSPS) is 13.0. The Morgan fingerprint density at radius 1 is 1.29 bits per heavy atom. The van der Waals surface area contributed by atoms with E-state index < -0.39 is 11.7 Å². The first-order valence-electron chi connectivity index (χ1n) is 6.02. The van der Waals surface area contributed by atoms with Gasteiger partial charge in [0.1, 0.15) is 5.82 Å². The average Bonchev–Trinajstić information content (AvgIpc) is 2.39. The van der Waals surface area contributed by atoms with Crippen molar-refractivity contribution in [1.82, 2.24) is 4.98 Å². The largest absolute Gasteiger partial charge is 0.417 e. The summed E-state index contributed by atoms with van der Waals surface area (Å²) in [6, 6.07) is 8.30. The Morgan fingerprint density at radius 2 is 2.00 bits per heavy atom. The molecule has 2 rings (SSSR count). The third-order valence-corrected chi connectivity index (χ3v) is 3.65. The minimum absolute atomic E-state index is 0.0633. The van der Waals surface area contributed by atoms with Crippen LogP contribution in [-0.2, 0) is 6.18 Å². The van der Waals surface area contributed by atoms with Crippen molar-refractivity contribution in [3.05, 3.63) is 57.2 Å². The standard InChI is InChI=1S/C14H11BrClF3N2/c1-8(9-3-2-4-11(15)5-9)21-13-12(16)6-10(7-20-13)14(17,18)19/h2-8H,1H3,(H,20,21). The fraction of sp³-hybridized carbons (Fsp3) is 0.214. The maximum atomic E-state index is 12.5. The molecular weight excluding hydrogens is 369 g/mol. The van der Waals surface area contributed by atoms with E-state index in [9.17, 15) is 13.2 Å². The Balaban J connectivity index is 2.20. The Kier molecular flexibility index (Phi) is 4.78. The van der Waals surface area contributed by atoms with Crippen LogP contribution >= 0.6 is 27.5 Å². The highest BCUT2D eigenvalue weighted by molar-refractivity contribution is 9.10. The lowest BCUT2D eigenvalue weighted by atomic mass is 10.1. The number of pyridine rings is 1. The molecule has 112 valence electrons. The van der Waals surface area contributed by atoms with Gasteiger partial charge in [-0.3, -0.25) is 0 Å². The van der Waals surface area contributed by atoms with E-state index in [-0.39, 0.29) is 16.9 Å². The van der Waals surface area contributed by atoms with Gasteiger partial charge >= 0.3 is 6.18 Å². The van der Waals surface area contributed by atoms with E-state index in [1.165, 1.54) is 0 Å². The molecule has 1 aromatic heterocycles. The Hall–Kier alpha value is -1.27. The Labute approximate surface area is 133 Å². The molecule has 0 spiro atoms. The van der Waals surface area contributed by atoms with Crippen molar-refractivity contribution in [3.8, 4) is 0 Å². The molecule has 0 saturated carbocycles. The summed E-state index contributed by atoms with van der Waals surface area (Å²) in [6.45, 7) is 1.87. The summed E-state index contributed by atoms with van der Waals surface area (Å²) in [6.07, 6.45) is -3.69. The fourth-order valence-corrected chi connectivity index (χ4v) is 2.40. The van der Waals surface area contributed by atoms with Crippen LogP contribution in [0.15, 0.2) is 41.0 Å². The van der Waals surface area contributed by atoms with E-state index in [0.29, 0.717) is 0 Å². The molecule has 0 saturated heterocycles. The molecule has 7 heteroatoms. The van der Waals surface area contributed by atoms with Crippen LogP contribution in [0.4, 0.5) is 19.0 Å². The van der Waals surface area contributed by atoms with Crippen LogP contribution in [0, 0.1) is 0 Å². The van der Waals surface area contributed by atoms with Gasteiger partial charge in [0.05, 0.1) is 16.6 Å². The third-order valence-electron chi connectivity index (χ3n) is 2.87. The quantitative estimate of drug-likeness (QED) is 0.741. The Morgan fingerprint density at radius 3 is 2.57 bits per heavy atom. The highest BCUT2D eigenvalue weighted by atomic mass is 79.9. The molecule has 2 nitrogen and oxygen atoms in total. The molecule has 2 aromatic rings. The fourth-order valence-electron chi connectivity index (χ4n) is 1.76. The van der Waals surface area contributed by atoms with Gasteiger partial charge in [-0.05, 0) is 30.7 Å². The van der Waals surface area contributed by atoms with Gasteiger partial charge in [0, 0.05) is 10.7 Å². The molecule has 0 fully saturated rings. The summed E-state index contributed by atoms with van der Waals surface area (Å²) in [7, 11) is 0. The molecule has 1 aromatic carbocycles. The molecule has 0 aliphatic heterocycles. The van der Waals surface area contributed by atoms with E-state index in [4.69, 9.17) is 11.6 Å². The first kappa shape index (κ1) is 16.1. The van der Waals surface area contributed by atoms with E-state index in [2.05, 4.69) is 26.2 Å². The van der Waals surface area contributed by atoms with Crippen molar-refractivity contribution in [3.63, 3.8) is 0 Å². The highest BCUT2D eigenvalue weighted by Gasteiger charge is 2.31. The second-order valence-electron chi connectivity index (χ2n) is 4.47. The molecule has 0 aliphatic carbocycles. The van der Waals surface area contributed by atoms with Crippen LogP contribution in [-0.4, -0.2) is 4.98 Å². The summed E-state index contributed by atoms with van der Waals surface area (Å²) >= 11 is 9.23.